The Bertz CT molecular complexity index is 697. The highest BCUT2D eigenvalue weighted by atomic mass is 32.2. The van der Waals surface area contributed by atoms with E-state index in [9.17, 15) is 18.0 Å². The van der Waals surface area contributed by atoms with Crippen LogP contribution in [0.1, 0.15) is 10.5 Å². The summed E-state index contributed by atoms with van der Waals surface area (Å²) < 4.78 is 26.6. The van der Waals surface area contributed by atoms with Crippen LogP contribution in [-0.2, 0) is 21.9 Å². The third kappa shape index (κ3) is 3.91. The van der Waals surface area contributed by atoms with E-state index in [1.807, 2.05) is 0 Å². The van der Waals surface area contributed by atoms with E-state index >= 15 is 0 Å². The lowest BCUT2D eigenvalue weighted by Crippen LogP contribution is -2.42. The van der Waals surface area contributed by atoms with Crippen molar-refractivity contribution in [2.24, 2.45) is 13.0 Å². The van der Waals surface area contributed by atoms with Crippen molar-refractivity contribution in [1.29, 1.82) is 0 Å². The Kier molecular flexibility index (Phi) is 5.10. The fourth-order valence-corrected chi connectivity index (χ4v) is 3.55. The Hall–Kier alpha value is -1.87. The summed E-state index contributed by atoms with van der Waals surface area (Å²) in [6.45, 7) is 0.707. The zero-order valence-corrected chi connectivity index (χ0v) is 14.3. The van der Waals surface area contributed by atoms with Gasteiger partial charge in [-0.2, -0.15) is 4.31 Å². The van der Waals surface area contributed by atoms with Crippen molar-refractivity contribution in [1.82, 2.24) is 19.1 Å². The SMILES string of the molecule is CNC(=O)[C@H]1CN(C(=O)c2cccn2C)CCN(S(C)(=O)=O)C1. The molecule has 1 aliphatic heterocycles. The highest BCUT2D eigenvalue weighted by Gasteiger charge is 2.33. The minimum atomic E-state index is -3.42. The van der Waals surface area contributed by atoms with E-state index in [1.165, 1.54) is 11.4 Å². The van der Waals surface area contributed by atoms with Crippen LogP contribution in [0.2, 0.25) is 0 Å². The molecule has 0 aromatic carbocycles. The average molecular weight is 342 g/mol. The van der Waals surface area contributed by atoms with Gasteiger partial charge >= 0.3 is 0 Å². The van der Waals surface area contributed by atoms with Crippen molar-refractivity contribution in [3.63, 3.8) is 0 Å². The van der Waals surface area contributed by atoms with Crippen molar-refractivity contribution < 1.29 is 18.0 Å². The van der Waals surface area contributed by atoms with Gasteiger partial charge in [-0.1, -0.05) is 0 Å². The van der Waals surface area contributed by atoms with Crippen LogP contribution < -0.4 is 5.32 Å². The molecule has 2 amide bonds. The summed E-state index contributed by atoms with van der Waals surface area (Å²) in [4.78, 5) is 26.2. The number of sulfonamides is 1. The number of carbonyl (C=O) groups excluding carboxylic acids is 2. The van der Waals surface area contributed by atoms with E-state index in [-0.39, 0.29) is 38.0 Å². The molecule has 1 atom stereocenters. The normalized spacial score (nSPS) is 20.1. The van der Waals surface area contributed by atoms with Crippen LogP contribution in [0.5, 0.6) is 0 Å². The van der Waals surface area contributed by atoms with Gasteiger partial charge in [0.05, 0.1) is 12.2 Å². The number of hydrogen-bond donors (Lipinski definition) is 1. The molecular formula is C14H22N4O4S. The number of aromatic nitrogens is 1. The molecule has 1 saturated heterocycles. The topological polar surface area (TPSA) is 91.7 Å². The molecule has 0 unspecified atom stereocenters. The zero-order chi connectivity index (χ0) is 17.2. The Morgan fingerprint density at radius 3 is 2.48 bits per heavy atom. The summed E-state index contributed by atoms with van der Waals surface area (Å²) >= 11 is 0. The first kappa shape index (κ1) is 17.5. The van der Waals surface area contributed by atoms with Crippen molar-refractivity contribution in [3.05, 3.63) is 24.0 Å². The smallest absolute Gasteiger partial charge is 0.270 e. The number of amides is 2. The van der Waals surface area contributed by atoms with E-state index in [0.717, 1.165) is 6.26 Å². The van der Waals surface area contributed by atoms with Gasteiger partial charge < -0.3 is 14.8 Å². The molecular weight excluding hydrogens is 320 g/mol. The second kappa shape index (κ2) is 6.71. The van der Waals surface area contributed by atoms with Crippen molar-refractivity contribution in [3.8, 4) is 0 Å². The lowest BCUT2D eigenvalue weighted by atomic mass is 10.1. The van der Waals surface area contributed by atoms with Crippen LogP contribution in [0.4, 0.5) is 0 Å². The van der Waals surface area contributed by atoms with E-state index in [4.69, 9.17) is 0 Å². The van der Waals surface area contributed by atoms with Crippen LogP contribution in [0.25, 0.3) is 0 Å². The van der Waals surface area contributed by atoms with E-state index in [2.05, 4.69) is 5.32 Å². The second-order valence-corrected chi connectivity index (χ2v) is 7.67. The summed E-state index contributed by atoms with van der Waals surface area (Å²) in [7, 11) is -0.155. The maximum atomic E-state index is 12.7. The fourth-order valence-electron chi connectivity index (χ4n) is 2.69. The molecule has 1 aromatic rings. The molecule has 1 aromatic heterocycles. The van der Waals surface area contributed by atoms with Crippen molar-refractivity contribution >= 4 is 21.8 Å². The third-order valence-electron chi connectivity index (χ3n) is 4.02. The third-order valence-corrected chi connectivity index (χ3v) is 5.29. The maximum absolute atomic E-state index is 12.7. The van der Waals surface area contributed by atoms with Gasteiger partial charge in [-0.05, 0) is 12.1 Å². The van der Waals surface area contributed by atoms with Crippen LogP contribution >= 0.6 is 0 Å². The molecule has 0 aliphatic carbocycles. The van der Waals surface area contributed by atoms with Crippen LogP contribution in [-0.4, -0.2) is 73.5 Å². The quantitative estimate of drug-likeness (QED) is 0.771. The summed E-state index contributed by atoms with van der Waals surface area (Å²) in [5.74, 6) is -1.08. The number of rotatable bonds is 3. The molecule has 9 heteroatoms. The van der Waals surface area contributed by atoms with Gasteiger partial charge in [-0.15, -0.1) is 0 Å². The second-order valence-electron chi connectivity index (χ2n) is 5.69. The fraction of sp³-hybridized carbons (Fsp3) is 0.571. The first-order valence-electron chi connectivity index (χ1n) is 7.31. The Morgan fingerprint density at radius 1 is 1.26 bits per heavy atom. The monoisotopic (exact) mass is 342 g/mol. The van der Waals surface area contributed by atoms with Gasteiger partial charge in [-0.3, -0.25) is 9.59 Å². The van der Waals surface area contributed by atoms with Gasteiger partial charge in [0.1, 0.15) is 5.69 Å². The van der Waals surface area contributed by atoms with Gasteiger partial charge in [0, 0.05) is 46.5 Å². The summed E-state index contributed by atoms with van der Waals surface area (Å²) in [5, 5.41) is 2.54. The van der Waals surface area contributed by atoms with Crippen LogP contribution in [0.3, 0.4) is 0 Å². The highest BCUT2D eigenvalue weighted by molar-refractivity contribution is 7.88. The lowest BCUT2D eigenvalue weighted by molar-refractivity contribution is -0.124. The predicted molar refractivity (Wildman–Crippen MR) is 85.3 cm³/mol. The molecule has 2 heterocycles. The minimum absolute atomic E-state index is 0.0788. The van der Waals surface area contributed by atoms with Crippen molar-refractivity contribution in [2.75, 3.05) is 39.5 Å². The number of carbonyl (C=O) groups is 2. The molecule has 1 aliphatic rings. The molecule has 8 nitrogen and oxygen atoms in total. The Balaban J connectivity index is 2.27. The lowest BCUT2D eigenvalue weighted by Gasteiger charge is -2.23. The summed E-state index contributed by atoms with van der Waals surface area (Å²) in [5.41, 5.74) is 0.508. The summed E-state index contributed by atoms with van der Waals surface area (Å²) in [6.07, 6.45) is 2.88. The first-order valence-corrected chi connectivity index (χ1v) is 9.16. The van der Waals surface area contributed by atoms with Crippen LogP contribution in [0.15, 0.2) is 18.3 Å². The van der Waals surface area contributed by atoms with Gasteiger partial charge in [0.15, 0.2) is 0 Å². The Morgan fingerprint density at radius 2 is 1.96 bits per heavy atom. The van der Waals surface area contributed by atoms with Crippen LogP contribution in [0, 0.1) is 5.92 Å². The van der Waals surface area contributed by atoms with E-state index < -0.39 is 15.9 Å². The molecule has 1 N–H and O–H groups in total. The molecule has 2 rings (SSSR count). The largest absolute Gasteiger partial charge is 0.359 e. The first-order chi connectivity index (χ1) is 10.7. The van der Waals surface area contributed by atoms with Gasteiger partial charge in [0.2, 0.25) is 15.9 Å². The maximum Gasteiger partial charge on any atom is 0.270 e. The molecule has 1 fully saturated rings. The molecule has 0 saturated carbocycles. The molecule has 0 radical (unpaired) electrons. The predicted octanol–water partition coefficient (Wildman–Crippen LogP) is -0.895. The van der Waals surface area contributed by atoms with Gasteiger partial charge in [0.25, 0.3) is 5.91 Å². The minimum Gasteiger partial charge on any atom is -0.359 e. The van der Waals surface area contributed by atoms with E-state index in [0.29, 0.717) is 5.69 Å². The molecule has 0 bridgehead atoms. The highest BCUT2D eigenvalue weighted by Crippen LogP contribution is 2.15. The van der Waals surface area contributed by atoms with Crippen molar-refractivity contribution in [2.45, 2.75) is 0 Å². The number of aryl methyl sites for hydroxylation is 1. The van der Waals surface area contributed by atoms with Gasteiger partial charge in [-0.25, -0.2) is 8.42 Å². The van der Waals surface area contributed by atoms with E-state index in [1.54, 1.807) is 34.8 Å². The number of hydrogen-bond acceptors (Lipinski definition) is 4. The standard InChI is InChI=1S/C14H22N4O4S/c1-15-13(19)11-9-17(7-8-18(10-11)23(3,21)22)14(20)12-5-4-6-16(12)2/h4-6,11H,7-10H2,1-3H3,(H,15,19)/t11-/m0/s1. The molecule has 128 valence electrons. The number of nitrogens with one attached hydrogen (secondary N) is 1. The number of nitrogens with zero attached hydrogens (tertiary/aromatic N) is 3. The molecule has 23 heavy (non-hydrogen) atoms. The molecule has 0 spiro atoms. The zero-order valence-electron chi connectivity index (χ0n) is 13.5. The average Bonchev–Trinajstić information content (AvgIpc) is 2.78. The summed E-state index contributed by atoms with van der Waals surface area (Å²) in [6, 6.07) is 3.47. The Labute approximate surface area is 136 Å².